The molecule has 4 rings (SSSR count). The lowest BCUT2D eigenvalue weighted by Crippen LogP contribution is -2.54. The van der Waals surface area contributed by atoms with Crippen molar-refractivity contribution in [2.75, 3.05) is 0 Å². The molecule has 2 aliphatic heterocycles. The van der Waals surface area contributed by atoms with Gasteiger partial charge in [0.25, 0.3) is 11.8 Å². The van der Waals surface area contributed by atoms with Gasteiger partial charge in [-0.15, -0.1) is 0 Å². The molecule has 0 spiro atoms. The minimum absolute atomic E-state index is 0.0549. The molecule has 2 amide bonds. The van der Waals surface area contributed by atoms with Crippen molar-refractivity contribution in [1.82, 2.24) is 10.0 Å². The van der Waals surface area contributed by atoms with Crippen LogP contribution in [0.1, 0.15) is 31.8 Å². The van der Waals surface area contributed by atoms with E-state index < -0.39 is 0 Å². The van der Waals surface area contributed by atoms with Gasteiger partial charge in [-0.3, -0.25) is 9.59 Å². The number of rotatable bonds is 0. The highest BCUT2D eigenvalue weighted by atomic mass is 16.3. The van der Waals surface area contributed by atoms with Gasteiger partial charge in [0.05, 0.1) is 18.7 Å². The Bertz CT molecular complexity index is 785. The first kappa shape index (κ1) is 12.0. The van der Waals surface area contributed by atoms with Crippen molar-refractivity contribution < 1.29 is 14.7 Å². The molecule has 5 nitrogen and oxygen atoms in total. The van der Waals surface area contributed by atoms with E-state index in [1.807, 2.05) is 18.2 Å². The highest BCUT2D eigenvalue weighted by Crippen LogP contribution is 2.31. The molecule has 0 aromatic heterocycles. The molecule has 1 N–H and O–H groups in total. The summed E-state index contributed by atoms with van der Waals surface area (Å²) in [6.45, 7) is 0.713. The van der Waals surface area contributed by atoms with Crippen LogP contribution in [0.5, 0.6) is 5.75 Å². The molecule has 0 saturated carbocycles. The van der Waals surface area contributed by atoms with Crippen LogP contribution >= 0.6 is 0 Å². The minimum Gasteiger partial charge on any atom is -0.508 e. The van der Waals surface area contributed by atoms with Gasteiger partial charge in [0.15, 0.2) is 0 Å². The summed E-state index contributed by atoms with van der Waals surface area (Å²) >= 11 is 0. The summed E-state index contributed by atoms with van der Waals surface area (Å²) in [4.78, 5) is 25.1. The number of hydrogen-bond acceptors (Lipinski definition) is 3. The molecule has 2 aliphatic rings. The Morgan fingerprint density at radius 3 is 2.19 bits per heavy atom. The molecule has 0 bridgehead atoms. The summed E-state index contributed by atoms with van der Waals surface area (Å²) in [5.41, 5.74) is 2.69. The summed E-state index contributed by atoms with van der Waals surface area (Å²) in [5.74, 6) is -0.363. The van der Waals surface area contributed by atoms with Gasteiger partial charge in [-0.05, 0) is 29.3 Å². The predicted octanol–water partition coefficient (Wildman–Crippen LogP) is 1.92. The van der Waals surface area contributed by atoms with Crippen molar-refractivity contribution in [2.45, 2.75) is 13.1 Å². The Morgan fingerprint density at radius 2 is 1.43 bits per heavy atom. The molecule has 5 heteroatoms. The maximum atomic E-state index is 12.6. The Hall–Kier alpha value is -2.82. The van der Waals surface area contributed by atoms with E-state index in [-0.39, 0.29) is 17.6 Å². The second-order valence-corrected chi connectivity index (χ2v) is 5.22. The normalized spacial score (nSPS) is 16.4. The first-order valence-electron chi connectivity index (χ1n) is 6.68. The number of fused-ring (bicyclic) bond motifs is 3. The van der Waals surface area contributed by atoms with Crippen LogP contribution in [0.25, 0.3) is 0 Å². The van der Waals surface area contributed by atoms with Crippen molar-refractivity contribution in [1.29, 1.82) is 0 Å². The lowest BCUT2D eigenvalue weighted by Gasteiger charge is -2.42. The number of amides is 2. The number of aromatic hydroxyl groups is 1. The number of phenols is 1. The minimum atomic E-state index is -0.255. The average Bonchev–Trinajstić information content (AvgIpc) is 2.50. The van der Waals surface area contributed by atoms with E-state index in [0.29, 0.717) is 24.2 Å². The Balaban J connectivity index is 1.83. The zero-order chi connectivity index (χ0) is 14.6. The van der Waals surface area contributed by atoms with Crippen LogP contribution in [0.2, 0.25) is 0 Å². The van der Waals surface area contributed by atoms with Gasteiger partial charge < -0.3 is 5.11 Å². The summed E-state index contributed by atoms with van der Waals surface area (Å²) in [6.07, 6.45) is 0. The van der Waals surface area contributed by atoms with Crippen LogP contribution < -0.4 is 0 Å². The third-order valence-electron chi connectivity index (χ3n) is 3.97. The van der Waals surface area contributed by atoms with Crippen molar-refractivity contribution >= 4 is 11.8 Å². The molecule has 0 atom stereocenters. The van der Waals surface area contributed by atoms with Gasteiger partial charge in [0.1, 0.15) is 5.75 Å². The van der Waals surface area contributed by atoms with E-state index in [2.05, 4.69) is 0 Å². The number of hydrogen-bond donors (Lipinski definition) is 1. The van der Waals surface area contributed by atoms with Crippen LogP contribution in [0.3, 0.4) is 0 Å². The van der Waals surface area contributed by atoms with Crippen LogP contribution in [0, 0.1) is 0 Å². The van der Waals surface area contributed by atoms with Crippen LogP contribution in [-0.2, 0) is 13.1 Å². The number of carbonyl (C=O) groups excluding carboxylic acids is 2. The average molecular weight is 280 g/mol. The highest BCUT2D eigenvalue weighted by Gasteiger charge is 2.38. The fourth-order valence-electron chi connectivity index (χ4n) is 2.90. The van der Waals surface area contributed by atoms with Crippen LogP contribution in [0.4, 0.5) is 0 Å². The standard InChI is InChI=1S/C16H12N2O3/c19-12-6-5-11-9-17-15(20)13-4-2-1-3-10(13)8-18(17)16(21)14(11)7-12/h1-7,19H,8-9H2. The zero-order valence-corrected chi connectivity index (χ0v) is 11.1. The number of carbonyl (C=O) groups is 2. The van der Waals surface area contributed by atoms with E-state index in [0.717, 1.165) is 11.1 Å². The molecule has 0 fully saturated rings. The molecule has 104 valence electrons. The Kier molecular flexibility index (Phi) is 2.33. The molecular formula is C16H12N2O3. The molecular weight excluding hydrogens is 268 g/mol. The Labute approximate surface area is 121 Å². The fraction of sp³-hybridized carbons (Fsp3) is 0.125. The van der Waals surface area contributed by atoms with Crippen LogP contribution in [-0.4, -0.2) is 26.9 Å². The highest BCUT2D eigenvalue weighted by molar-refractivity contribution is 6.03. The van der Waals surface area contributed by atoms with Gasteiger partial charge in [-0.1, -0.05) is 24.3 Å². The van der Waals surface area contributed by atoms with E-state index in [1.165, 1.54) is 22.2 Å². The predicted molar refractivity (Wildman–Crippen MR) is 74.3 cm³/mol. The number of hydrazine groups is 1. The molecule has 0 radical (unpaired) electrons. The smallest absolute Gasteiger partial charge is 0.273 e. The van der Waals surface area contributed by atoms with Crippen LogP contribution in [0.15, 0.2) is 42.5 Å². The van der Waals surface area contributed by atoms with Crippen molar-refractivity contribution in [3.8, 4) is 5.75 Å². The monoisotopic (exact) mass is 280 g/mol. The van der Waals surface area contributed by atoms with Crippen molar-refractivity contribution in [3.63, 3.8) is 0 Å². The lowest BCUT2D eigenvalue weighted by atomic mass is 9.98. The summed E-state index contributed by atoms with van der Waals surface area (Å²) in [5, 5.41) is 12.5. The third-order valence-corrected chi connectivity index (χ3v) is 3.97. The topological polar surface area (TPSA) is 60.9 Å². The van der Waals surface area contributed by atoms with E-state index in [9.17, 15) is 14.7 Å². The quantitative estimate of drug-likeness (QED) is 0.802. The SMILES string of the molecule is O=C1c2ccccc2CN2C(=O)c3cc(O)ccc3CN12. The third kappa shape index (κ3) is 1.64. The molecule has 2 aromatic carbocycles. The lowest BCUT2D eigenvalue weighted by molar-refractivity contribution is -0.0218. The molecule has 21 heavy (non-hydrogen) atoms. The van der Waals surface area contributed by atoms with E-state index >= 15 is 0 Å². The van der Waals surface area contributed by atoms with Gasteiger partial charge in [-0.25, -0.2) is 10.0 Å². The van der Waals surface area contributed by atoms with Gasteiger partial charge in [-0.2, -0.15) is 0 Å². The number of benzene rings is 2. The second-order valence-electron chi connectivity index (χ2n) is 5.22. The molecule has 2 aromatic rings. The molecule has 2 heterocycles. The van der Waals surface area contributed by atoms with E-state index in [1.54, 1.807) is 12.1 Å². The Morgan fingerprint density at radius 1 is 0.810 bits per heavy atom. The molecule has 0 unspecified atom stereocenters. The summed E-state index contributed by atoms with van der Waals surface area (Å²) < 4.78 is 0. The van der Waals surface area contributed by atoms with Crippen molar-refractivity contribution in [2.24, 2.45) is 0 Å². The summed E-state index contributed by atoms with van der Waals surface area (Å²) in [6, 6.07) is 12.0. The fourth-order valence-corrected chi connectivity index (χ4v) is 2.90. The van der Waals surface area contributed by atoms with E-state index in [4.69, 9.17) is 0 Å². The zero-order valence-electron chi connectivity index (χ0n) is 11.1. The summed E-state index contributed by atoms with van der Waals surface area (Å²) in [7, 11) is 0. The number of nitrogens with zero attached hydrogens (tertiary/aromatic N) is 2. The van der Waals surface area contributed by atoms with Gasteiger partial charge in [0.2, 0.25) is 0 Å². The largest absolute Gasteiger partial charge is 0.508 e. The maximum Gasteiger partial charge on any atom is 0.273 e. The first-order valence-corrected chi connectivity index (χ1v) is 6.68. The van der Waals surface area contributed by atoms with Crippen molar-refractivity contribution in [3.05, 3.63) is 64.7 Å². The molecule has 0 aliphatic carbocycles. The van der Waals surface area contributed by atoms with Gasteiger partial charge >= 0.3 is 0 Å². The first-order chi connectivity index (χ1) is 10.1. The van der Waals surface area contributed by atoms with Gasteiger partial charge in [0, 0.05) is 5.56 Å². The maximum absolute atomic E-state index is 12.6. The molecule has 0 saturated heterocycles. The second kappa shape index (κ2) is 4.09. The number of phenolic OH excluding ortho intramolecular Hbond substituents is 1.